The summed E-state index contributed by atoms with van der Waals surface area (Å²) in [6, 6.07) is 7.28. The summed E-state index contributed by atoms with van der Waals surface area (Å²) in [5, 5.41) is -0.576. The van der Waals surface area contributed by atoms with Crippen molar-refractivity contribution in [2.75, 3.05) is 23.7 Å². The normalized spacial score (nSPS) is 21.6. The molecule has 1 saturated heterocycles. The zero-order valence-electron chi connectivity index (χ0n) is 13.0. The summed E-state index contributed by atoms with van der Waals surface area (Å²) >= 11 is 5.80. The first kappa shape index (κ1) is 17.1. The third kappa shape index (κ3) is 3.73. The number of alkyl halides is 1. The first-order valence-electron chi connectivity index (χ1n) is 7.19. The van der Waals surface area contributed by atoms with E-state index in [1.54, 1.807) is 20.0 Å². The molecule has 1 amide bonds. The first-order valence-corrected chi connectivity index (χ1v) is 9.23. The van der Waals surface area contributed by atoms with Gasteiger partial charge in [0.05, 0.1) is 11.4 Å². The average molecular weight is 345 g/mol. The predicted molar refractivity (Wildman–Crippen MR) is 88.5 cm³/mol. The lowest BCUT2D eigenvalue weighted by Crippen LogP contribution is -2.31. The Balaban J connectivity index is 2.19. The van der Waals surface area contributed by atoms with Crippen molar-refractivity contribution in [2.24, 2.45) is 5.92 Å². The summed E-state index contributed by atoms with van der Waals surface area (Å²) in [5.41, 5.74) is 1.53. The second-order valence-electron chi connectivity index (χ2n) is 5.90. The van der Waals surface area contributed by atoms with Crippen molar-refractivity contribution in [1.29, 1.82) is 0 Å². The van der Waals surface area contributed by atoms with Crippen LogP contribution in [0.5, 0.6) is 0 Å². The Kier molecular flexibility index (Phi) is 5.02. The number of carbonyl (C=O) groups excluding carboxylic acids is 1. The molecule has 0 spiro atoms. The molecule has 1 aliphatic heterocycles. The van der Waals surface area contributed by atoms with Crippen LogP contribution < -0.4 is 4.31 Å². The lowest BCUT2D eigenvalue weighted by atomic mass is 10.1. The van der Waals surface area contributed by atoms with E-state index in [0.717, 1.165) is 5.56 Å². The molecule has 1 aromatic rings. The second-order valence-corrected chi connectivity index (χ2v) is 8.49. The number of carbonyl (C=O) groups is 1. The van der Waals surface area contributed by atoms with Crippen LogP contribution in [0.3, 0.4) is 0 Å². The Morgan fingerprint density at radius 1 is 1.50 bits per heavy atom. The van der Waals surface area contributed by atoms with E-state index in [0.29, 0.717) is 18.8 Å². The molecule has 1 aromatic carbocycles. The van der Waals surface area contributed by atoms with Crippen molar-refractivity contribution in [3.63, 3.8) is 0 Å². The molecule has 2 unspecified atom stereocenters. The van der Waals surface area contributed by atoms with Crippen LogP contribution in [0.1, 0.15) is 19.4 Å². The molecule has 1 aliphatic rings. The minimum absolute atomic E-state index is 0.120. The third-order valence-electron chi connectivity index (χ3n) is 3.64. The molecular weight excluding hydrogens is 324 g/mol. The number of halogens is 1. The van der Waals surface area contributed by atoms with Gasteiger partial charge in [-0.15, -0.1) is 11.6 Å². The maximum absolute atomic E-state index is 12.1. The van der Waals surface area contributed by atoms with Crippen LogP contribution in [-0.2, 0) is 21.4 Å². The van der Waals surface area contributed by atoms with Gasteiger partial charge >= 0.3 is 0 Å². The molecule has 22 heavy (non-hydrogen) atoms. The Hall–Kier alpha value is -1.27. The van der Waals surface area contributed by atoms with E-state index in [2.05, 4.69) is 0 Å². The van der Waals surface area contributed by atoms with Crippen molar-refractivity contribution in [3.8, 4) is 0 Å². The van der Waals surface area contributed by atoms with Crippen LogP contribution in [0, 0.1) is 5.92 Å². The van der Waals surface area contributed by atoms with E-state index < -0.39 is 15.4 Å². The molecular formula is C15H21ClN2O3S. The highest BCUT2D eigenvalue weighted by Crippen LogP contribution is 2.27. The van der Waals surface area contributed by atoms with E-state index in [1.807, 2.05) is 25.1 Å². The van der Waals surface area contributed by atoms with Crippen LogP contribution in [0.15, 0.2) is 24.3 Å². The van der Waals surface area contributed by atoms with Crippen LogP contribution in [0.2, 0.25) is 0 Å². The smallest absolute Gasteiger partial charge is 0.240 e. The minimum atomic E-state index is -3.23. The van der Waals surface area contributed by atoms with Crippen molar-refractivity contribution in [1.82, 2.24) is 4.90 Å². The predicted octanol–water partition coefficient (Wildman–Crippen LogP) is 2.06. The highest BCUT2D eigenvalue weighted by atomic mass is 35.5. The van der Waals surface area contributed by atoms with Crippen molar-refractivity contribution in [3.05, 3.63) is 29.8 Å². The Morgan fingerprint density at radius 2 is 2.18 bits per heavy atom. The highest BCUT2D eigenvalue weighted by molar-refractivity contribution is 7.93. The van der Waals surface area contributed by atoms with E-state index in [-0.39, 0.29) is 17.6 Å². The van der Waals surface area contributed by atoms with Gasteiger partial charge in [-0.05, 0) is 30.5 Å². The maximum Gasteiger partial charge on any atom is 0.240 e. The fourth-order valence-corrected chi connectivity index (χ4v) is 4.72. The van der Waals surface area contributed by atoms with Crippen LogP contribution >= 0.6 is 11.6 Å². The Bertz CT molecular complexity index is 661. The lowest BCUT2D eigenvalue weighted by Gasteiger charge is -2.21. The number of sulfonamides is 1. The molecule has 0 saturated carbocycles. The molecule has 5 nitrogen and oxygen atoms in total. The van der Waals surface area contributed by atoms with Crippen molar-refractivity contribution >= 4 is 33.2 Å². The van der Waals surface area contributed by atoms with Gasteiger partial charge in [0.2, 0.25) is 15.9 Å². The summed E-state index contributed by atoms with van der Waals surface area (Å²) in [7, 11) is -1.55. The molecule has 0 N–H and O–H groups in total. The number of hydrogen-bond donors (Lipinski definition) is 0. The molecule has 0 bridgehead atoms. The number of rotatable bonds is 4. The number of anilines is 1. The molecule has 122 valence electrons. The first-order chi connectivity index (χ1) is 10.2. The molecule has 2 rings (SSSR count). The number of amides is 1. The van der Waals surface area contributed by atoms with E-state index in [1.165, 1.54) is 9.21 Å². The zero-order valence-corrected chi connectivity index (χ0v) is 14.6. The molecule has 0 aromatic heterocycles. The number of nitrogens with zero attached hydrogens (tertiary/aromatic N) is 2. The fraction of sp³-hybridized carbons (Fsp3) is 0.533. The van der Waals surface area contributed by atoms with Gasteiger partial charge < -0.3 is 4.90 Å². The largest absolute Gasteiger partial charge is 0.340 e. The van der Waals surface area contributed by atoms with E-state index in [9.17, 15) is 13.2 Å². The van der Waals surface area contributed by atoms with E-state index >= 15 is 0 Å². The lowest BCUT2D eigenvalue weighted by molar-refractivity contribution is -0.129. The molecule has 1 heterocycles. The molecule has 7 heteroatoms. The van der Waals surface area contributed by atoms with Crippen LogP contribution in [-0.4, -0.2) is 43.9 Å². The number of benzene rings is 1. The monoisotopic (exact) mass is 344 g/mol. The highest BCUT2D eigenvalue weighted by Gasteiger charge is 2.33. The van der Waals surface area contributed by atoms with Gasteiger partial charge in [-0.3, -0.25) is 9.10 Å². The Labute approximate surface area is 136 Å². The van der Waals surface area contributed by atoms with Gasteiger partial charge in [0, 0.05) is 20.1 Å². The molecule has 0 aliphatic carbocycles. The van der Waals surface area contributed by atoms with Gasteiger partial charge in [-0.1, -0.05) is 19.1 Å². The standard InChI is InChI=1S/C15H21ClN2O3S/c1-11-8-18(22(20,21)10-11)14-6-4-5-13(7-14)9-17(3)15(19)12(2)16/h4-7,11-12H,8-10H2,1-3H3. The van der Waals surface area contributed by atoms with Gasteiger partial charge in [0.1, 0.15) is 5.38 Å². The summed E-state index contributed by atoms with van der Waals surface area (Å²) < 4.78 is 25.7. The fourth-order valence-electron chi connectivity index (χ4n) is 2.63. The van der Waals surface area contributed by atoms with Crippen LogP contribution in [0.4, 0.5) is 5.69 Å². The van der Waals surface area contributed by atoms with Crippen molar-refractivity contribution < 1.29 is 13.2 Å². The van der Waals surface area contributed by atoms with Gasteiger partial charge in [-0.25, -0.2) is 8.42 Å². The summed E-state index contributed by atoms with van der Waals surface area (Å²) in [5.74, 6) is 0.142. The molecule has 0 radical (unpaired) electrons. The summed E-state index contributed by atoms with van der Waals surface area (Å²) in [6.07, 6.45) is 0. The SMILES string of the molecule is CC1CN(c2cccc(CN(C)C(=O)C(C)Cl)c2)S(=O)(=O)C1. The third-order valence-corrected chi connectivity index (χ3v) is 5.85. The maximum atomic E-state index is 12.1. The quantitative estimate of drug-likeness (QED) is 0.785. The summed E-state index contributed by atoms with van der Waals surface area (Å²) in [4.78, 5) is 13.4. The van der Waals surface area contributed by atoms with Gasteiger partial charge in [0.25, 0.3) is 0 Å². The minimum Gasteiger partial charge on any atom is -0.340 e. The van der Waals surface area contributed by atoms with Gasteiger partial charge in [-0.2, -0.15) is 0 Å². The Morgan fingerprint density at radius 3 is 2.73 bits per heavy atom. The van der Waals surface area contributed by atoms with Gasteiger partial charge in [0.15, 0.2) is 0 Å². The zero-order chi connectivity index (χ0) is 16.5. The van der Waals surface area contributed by atoms with Crippen LogP contribution in [0.25, 0.3) is 0 Å². The number of hydrogen-bond acceptors (Lipinski definition) is 3. The molecule has 2 atom stereocenters. The second kappa shape index (κ2) is 6.46. The topological polar surface area (TPSA) is 57.7 Å². The van der Waals surface area contributed by atoms with Crippen molar-refractivity contribution in [2.45, 2.75) is 25.8 Å². The molecule has 1 fully saturated rings. The summed E-state index contributed by atoms with van der Waals surface area (Å²) in [6.45, 7) is 4.46. The average Bonchev–Trinajstić information content (AvgIpc) is 2.71. The van der Waals surface area contributed by atoms with E-state index in [4.69, 9.17) is 11.6 Å².